The van der Waals surface area contributed by atoms with Gasteiger partial charge in [-0.25, -0.2) is 0 Å². The van der Waals surface area contributed by atoms with Gasteiger partial charge in [0.1, 0.15) is 0 Å². The molecule has 0 amide bonds. The second-order valence-corrected chi connectivity index (χ2v) is 4.89. The Labute approximate surface area is 88.8 Å². The Morgan fingerprint density at radius 3 is 2.15 bits per heavy atom. The molecule has 0 aromatic carbocycles. The Kier molecular flexibility index (Phi) is 9.18. The van der Waals surface area contributed by atoms with E-state index in [1.54, 1.807) is 0 Å². The highest BCUT2D eigenvalue weighted by molar-refractivity contribution is 8.01. The average molecular weight is 222 g/mol. The minimum atomic E-state index is 0.340. The summed E-state index contributed by atoms with van der Waals surface area (Å²) in [5.41, 5.74) is 1.33. The Morgan fingerprint density at radius 2 is 1.77 bits per heavy atom. The fraction of sp³-hybridized carbons (Fsp3) is 0.778. The van der Waals surface area contributed by atoms with Crippen LogP contribution < -0.4 is 0 Å². The second-order valence-electron chi connectivity index (χ2n) is 2.83. The molecule has 1 rings (SSSR count). The van der Waals surface area contributed by atoms with Crippen molar-refractivity contribution < 1.29 is 10.2 Å². The minimum absolute atomic E-state index is 0.340. The van der Waals surface area contributed by atoms with Crippen molar-refractivity contribution in [1.82, 2.24) is 0 Å². The highest BCUT2D eigenvalue weighted by Crippen LogP contribution is 2.22. The average Bonchev–Trinajstić information content (AvgIpc) is 2.14. The topological polar surface area (TPSA) is 40.5 Å². The van der Waals surface area contributed by atoms with Crippen molar-refractivity contribution in [3.8, 4) is 0 Å². The molecule has 0 spiro atoms. The summed E-state index contributed by atoms with van der Waals surface area (Å²) in [6.07, 6.45) is 0. The molecule has 0 radical (unpaired) electrons. The van der Waals surface area contributed by atoms with Crippen molar-refractivity contribution >= 4 is 23.5 Å². The van der Waals surface area contributed by atoms with Gasteiger partial charge in [-0.15, -0.1) is 0 Å². The largest absolute Gasteiger partial charge is 0.400 e. The van der Waals surface area contributed by atoms with Crippen molar-refractivity contribution in [3.63, 3.8) is 0 Å². The van der Waals surface area contributed by atoms with Gasteiger partial charge in [-0.2, -0.15) is 23.5 Å². The van der Waals surface area contributed by atoms with E-state index in [1.165, 1.54) is 5.57 Å². The lowest BCUT2D eigenvalue weighted by Crippen LogP contribution is -2.15. The molecule has 13 heavy (non-hydrogen) atoms. The van der Waals surface area contributed by atoms with E-state index < -0.39 is 0 Å². The molecular formula is C9H18O2S2. The van der Waals surface area contributed by atoms with Gasteiger partial charge in [0.2, 0.25) is 0 Å². The summed E-state index contributed by atoms with van der Waals surface area (Å²) in [5.74, 6) is 4.82. The molecule has 1 fully saturated rings. The van der Waals surface area contributed by atoms with Gasteiger partial charge in [0.15, 0.2) is 0 Å². The van der Waals surface area contributed by atoms with Crippen LogP contribution in [0.15, 0.2) is 12.2 Å². The van der Waals surface area contributed by atoms with Crippen LogP contribution in [0, 0.1) is 5.92 Å². The van der Waals surface area contributed by atoms with E-state index in [0.717, 1.165) is 30.1 Å². The van der Waals surface area contributed by atoms with Crippen molar-refractivity contribution in [2.45, 2.75) is 0 Å². The van der Waals surface area contributed by atoms with Gasteiger partial charge in [-0.1, -0.05) is 12.2 Å². The molecule has 4 heteroatoms. The SMILES string of the molecule is C=C1CSCC(CO)CSC1.CO. The summed E-state index contributed by atoms with van der Waals surface area (Å²) >= 11 is 3.79. The zero-order valence-corrected chi connectivity index (χ0v) is 9.66. The fourth-order valence-electron chi connectivity index (χ4n) is 0.935. The second kappa shape index (κ2) is 8.94. The minimum Gasteiger partial charge on any atom is -0.400 e. The van der Waals surface area contributed by atoms with Gasteiger partial charge in [0.05, 0.1) is 0 Å². The maximum absolute atomic E-state index is 8.92. The fourth-order valence-corrected chi connectivity index (χ4v) is 3.34. The van der Waals surface area contributed by atoms with Gasteiger partial charge >= 0.3 is 0 Å². The molecule has 1 aliphatic rings. The number of rotatable bonds is 1. The molecule has 0 atom stereocenters. The van der Waals surface area contributed by atoms with E-state index in [2.05, 4.69) is 6.58 Å². The van der Waals surface area contributed by atoms with Crippen molar-refractivity contribution in [2.24, 2.45) is 5.92 Å². The first-order valence-electron chi connectivity index (χ1n) is 4.20. The molecule has 78 valence electrons. The van der Waals surface area contributed by atoms with Gasteiger partial charge in [0, 0.05) is 31.1 Å². The first-order chi connectivity index (χ1) is 6.33. The van der Waals surface area contributed by atoms with Gasteiger partial charge in [-0.3, -0.25) is 0 Å². The van der Waals surface area contributed by atoms with Gasteiger partial charge in [-0.05, 0) is 11.5 Å². The molecule has 0 saturated carbocycles. The number of aliphatic hydroxyl groups is 2. The molecule has 0 bridgehead atoms. The lowest BCUT2D eigenvalue weighted by Gasteiger charge is -2.17. The third-order valence-corrected chi connectivity index (χ3v) is 4.22. The molecular weight excluding hydrogens is 204 g/mol. The highest BCUT2D eigenvalue weighted by Gasteiger charge is 2.11. The van der Waals surface area contributed by atoms with Crippen molar-refractivity contribution in [1.29, 1.82) is 0 Å². The van der Waals surface area contributed by atoms with E-state index in [-0.39, 0.29) is 0 Å². The molecule has 0 aromatic heterocycles. The number of hydrogen-bond donors (Lipinski definition) is 2. The summed E-state index contributed by atoms with van der Waals surface area (Å²) in [4.78, 5) is 0. The van der Waals surface area contributed by atoms with E-state index in [1.807, 2.05) is 23.5 Å². The van der Waals surface area contributed by atoms with Crippen LogP contribution in [0.5, 0.6) is 0 Å². The van der Waals surface area contributed by atoms with Crippen molar-refractivity contribution in [3.05, 3.63) is 12.2 Å². The summed E-state index contributed by atoms with van der Waals surface area (Å²) in [7, 11) is 1.00. The lowest BCUT2D eigenvalue weighted by molar-refractivity contribution is 0.253. The third kappa shape index (κ3) is 6.43. The van der Waals surface area contributed by atoms with Crippen LogP contribution in [0.2, 0.25) is 0 Å². The van der Waals surface area contributed by atoms with Crippen molar-refractivity contribution in [2.75, 3.05) is 36.7 Å². The molecule has 0 aromatic rings. The Bertz CT molecular complexity index is 128. The first kappa shape index (κ1) is 13.4. The van der Waals surface area contributed by atoms with Crippen LogP contribution in [-0.2, 0) is 0 Å². The maximum atomic E-state index is 8.92. The Morgan fingerprint density at radius 1 is 1.31 bits per heavy atom. The first-order valence-corrected chi connectivity index (χ1v) is 6.51. The predicted molar refractivity (Wildman–Crippen MR) is 62.5 cm³/mol. The monoisotopic (exact) mass is 222 g/mol. The van der Waals surface area contributed by atoms with E-state index in [4.69, 9.17) is 10.2 Å². The van der Waals surface area contributed by atoms with Gasteiger partial charge < -0.3 is 10.2 Å². The molecule has 2 N–H and O–H groups in total. The Balaban J connectivity index is 0.000000671. The number of hydrogen-bond acceptors (Lipinski definition) is 4. The molecule has 1 heterocycles. The number of thioether (sulfide) groups is 2. The summed E-state index contributed by atoms with van der Waals surface area (Å²) < 4.78 is 0. The lowest BCUT2D eigenvalue weighted by atomic mass is 10.2. The van der Waals surface area contributed by atoms with Crippen LogP contribution in [0.4, 0.5) is 0 Å². The zero-order chi connectivity index (χ0) is 10.1. The molecule has 2 nitrogen and oxygen atoms in total. The van der Waals surface area contributed by atoms with Crippen LogP contribution in [0.25, 0.3) is 0 Å². The molecule has 0 aliphatic carbocycles. The third-order valence-electron chi connectivity index (χ3n) is 1.58. The summed E-state index contributed by atoms with van der Waals surface area (Å²) in [6, 6.07) is 0. The maximum Gasteiger partial charge on any atom is 0.0475 e. The Hall–Kier alpha value is 0.360. The van der Waals surface area contributed by atoms with Gasteiger partial charge in [0.25, 0.3) is 0 Å². The smallest absolute Gasteiger partial charge is 0.0475 e. The van der Waals surface area contributed by atoms with Crippen LogP contribution >= 0.6 is 23.5 Å². The number of aliphatic hydroxyl groups excluding tert-OH is 2. The van der Waals surface area contributed by atoms with Crippen LogP contribution in [-0.4, -0.2) is 46.9 Å². The summed E-state index contributed by atoms with van der Waals surface area (Å²) in [6.45, 7) is 4.30. The van der Waals surface area contributed by atoms with E-state index in [0.29, 0.717) is 12.5 Å². The van der Waals surface area contributed by atoms with Crippen LogP contribution in [0.3, 0.4) is 0 Å². The highest BCUT2D eigenvalue weighted by atomic mass is 32.2. The zero-order valence-electron chi connectivity index (χ0n) is 8.03. The normalized spacial score (nSPS) is 19.8. The standard InChI is InChI=1S/C8H14OS2.CH4O/c1-7-3-10-5-8(2-9)6-11-4-7;1-2/h8-9H,1-6H2;2H,1H3. The quantitative estimate of drug-likeness (QED) is 0.655. The van der Waals surface area contributed by atoms with E-state index >= 15 is 0 Å². The molecule has 1 saturated heterocycles. The van der Waals surface area contributed by atoms with Crippen LogP contribution in [0.1, 0.15) is 0 Å². The molecule has 0 unspecified atom stereocenters. The predicted octanol–water partition coefficient (Wildman–Crippen LogP) is 1.24. The molecule has 1 aliphatic heterocycles. The summed E-state index contributed by atoms with van der Waals surface area (Å²) in [5, 5.41) is 15.9. The van der Waals surface area contributed by atoms with E-state index in [9.17, 15) is 0 Å².